The summed E-state index contributed by atoms with van der Waals surface area (Å²) >= 11 is 0. The Balaban J connectivity index is 1.37. The second-order valence-electron chi connectivity index (χ2n) is 16.1. The molecule has 50 heavy (non-hydrogen) atoms. The van der Waals surface area contributed by atoms with Crippen LogP contribution in [0, 0.1) is 18.8 Å². The zero-order valence-electron chi connectivity index (χ0n) is 31.8. The minimum Gasteiger partial charge on any atom is -0.294 e. The second-order valence-corrected chi connectivity index (χ2v) is 16.1. The van der Waals surface area contributed by atoms with E-state index < -0.39 is 0 Å². The largest absolute Gasteiger partial charge is 0.294 e. The molecule has 1 aliphatic rings. The zero-order chi connectivity index (χ0) is 35.4. The monoisotopic (exact) mass is 662 g/mol. The normalized spacial score (nSPS) is 18.3. The van der Waals surface area contributed by atoms with Crippen molar-refractivity contribution in [2.75, 3.05) is 0 Å². The van der Waals surface area contributed by atoms with Crippen molar-refractivity contribution in [2.24, 2.45) is 11.8 Å². The van der Waals surface area contributed by atoms with E-state index >= 15 is 0 Å². The predicted molar refractivity (Wildman–Crippen MR) is 211 cm³/mol. The summed E-state index contributed by atoms with van der Waals surface area (Å²) in [5.74, 6) is 3.66. The number of benzene rings is 3. The standard InChI is InChI=1S/C46H54N4/c1-27(2)36-23-35(22-34-15-16-39-38-13-11-12-14-40(38)49(41(39)25-34)42-21-30(7)17-18-47-42)24-37(26-36)50-46(29(5)6)44(45(48-50)28(3)4)43-32(9)19-31(8)20-33(43)10/h11-19,21,23-29,31,33,43H,20,22H2,1-10H3/t31-,33-,43?/m0/s1. The molecule has 258 valence electrons. The van der Waals surface area contributed by atoms with E-state index in [1.165, 1.54) is 78.7 Å². The summed E-state index contributed by atoms with van der Waals surface area (Å²) in [7, 11) is 0. The van der Waals surface area contributed by atoms with Gasteiger partial charge in [-0.3, -0.25) is 4.57 Å². The molecule has 3 aromatic carbocycles. The summed E-state index contributed by atoms with van der Waals surface area (Å²) in [6.07, 6.45) is 6.49. The highest BCUT2D eigenvalue weighted by Crippen LogP contribution is 2.46. The Morgan fingerprint density at radius 2 is 1.52 bits per heavy atom. The fraction of sp³-hybridized carbons (Fsp3) is 0.391. The number of fused-ring (bicyclic) bond motifs is 3. The van der Waals surface area contributed by atoms with E-state index in [9.17, 15) is 0 Å². The fourth-order valence-electron chi connectivity index (χ4n) is 8.77. The summed E-state index contributed by atoms with van der Waals surface area (Å²) in [5.41, 5.74) is 14.3. The Kier molecular flexibility index (Phi) is 9.09. The first-order valence-electron chi connectivity index (χ1n) is 18.8. The number of pyridine rings is 1. The minimum absolute atomic E-state index is 0.343. The summed E-state index contributed by atoms with van der Waals surface area (Å²) in [6.45, 7) is 23.2. The van der Waals surface area contributed by atoms with Crippen molar-refractivity contribution >= 4 is 21.8 Å². The van der Waals surface area contributed by atoms with E-state index in [2.05, 4.69) is 157 Å². The predicted octanol–water partition coefficient (Wildman–Crippen LogP) is 12.3. The van der Waals surface area contributed by atoms with Gasteiger partial charge < -0.3 is 0 Å². The summed E-state index contributed by atoms with van der Waals surface area (Å²) in [4.78, 5) is 4.81. The SMILES string of the molecule is CC1=C[C@H](C)C[C@H](C)C1c1c(C(C)C)nn(-c2cc(Cc3ccc4c5ccccc5n(-c5cc(C)ccn5)c4c3)cc(C(C)C)c2)c1C(C)C. The van der Waals surface area contributed by atoms with Crippen LogP contribution in [0.1, 0.15) is 132 Å². The molecule has 3 atom stereocenters. The summed E-state index contributed by atoms with van der Waals surface area (Å²) in [5, 5.41) is 8.02. The van der Waals surface area contributed by atoms with Gasteiger partial charge >= 0.3 is 0 Å². The molecule has 0 N–H and O–H groups in total. The Bertz CT molecular complexity index is 2220. The van der Waals surface area contributed by atoms with Crippen molar-refractivity contribution in [2.45, 2.75) is 106 Å². The van der Waals surface area contributed by atoms with Crippen LogP contribution in [0.15, 0.2) is 90.6 Å². The van der Waals surface area contributed by atoms with E-state index in [0.29, 0.717) is 35.5 Å². The molecule has 1 aliphatic carbocycles. The van der Waals surface area contributed by atoms with Gasteiger partial charge in [0, 0.05) is 28.5 Å². The van der Waals surface area contributed by atoms with Gasteiger partial charge in [-0.15, -0.1) is 0 Å². The lowest BCUT2D eigenvalue weighted by Gasteiger charge is -2.33. The third-order valence-corrected chi connectivity index (χ3v) is 10.9. The number of hydrogen-bond acceptors (Lipinski definition) is 2. The molecule has 6 aromatic rings. The Hall–Kier alpha value is -4.44. The number of nitrogens with zero attached hydrogens (tertiary/aromatic N) is 4. The van der Waals surface area contributed by atoms with E-state index in [1.54, 1.807) is 0 Å². The highest BCUT2D eigenvalue weighted by Gasteiger charge is 2.35. The van der Waals surface area contributed by atoms with Gasteiger partial charge in [-0.25, -0.2) is 9.67 Å². The smallest absolute Gasteiger partial charge is 0.137 e. The first-order valence-corrected chi connectivity index (χ1v) is 18.8. The molecular weight excluding hydrogens is 609 g/mol. The van der Waals surface area contributed by atoms with Gasteiger partial charge in [-0.1, -0.05) is 103 Å². The molecule has 7 rings (SSSR count). The van der Waals surface area contributed by atoms with Crippen molar-refractivity contribution in [3.05, 3.63) is 130 Å². The molecule has 0 spiro atoms. The van der Waals surface area contributed by atoms with Crippen molar-refractivity contribution in [3.8, 4) is 11.5 Å². The van der Waals surface area contributed by atoms with Crippen molar-refractivity contribution < 1.29 is 0 Å². The molecule has 0 radical (unpaired) electrons. The molecule has 0 saturated heterocycles. The van der Waals surface area contributed by atoms with Crippen LogP contribution in [0.4, 0.5) is 0 Å². The summed E-state index contributed by atoms with van der Waals surface area (Å²) < 4.78 is 4.65. The average molecular weight is 663 g/mol. The van der Waals surface area contributed by atoms with E-state index in [4.69, 9.17) is 10.1 Å². The molecule has 0 saturated carbocycles. The van der Waals surface area contributed by atoms with Crippen molar-refractivity contribution in [1.29, 1.82) is 0 Å². The first-order chi connectivity index (χ1) is 23.9. The zero-order valence-corrected chi connectivity index (χ0v) is 31.8. The number of para-hydroxylation sites is 1. The van der Waals surface area contributed by atoms with Crippen LogP contribution in [-0.2, 0) is 6.42 Å². The van der Waals surface area contributed by atoms with Gasteiger partial charge in [0.15, 0.2) is 0 Å². The molecule has 3 heterocycles. The number of rotatable bonds is 8. The lowest BCUT2D eigenvalue weighted by molar-refractivity contribution is 0.388. The first kappa shape index (κ1) is 34.0. The molecule has 0 bridgehead atoms. The van der Waals surface area contributed by atoms with Crippen molar-refractivity contribution in [3.63, 3.8) is 0 Å². The van der Waals surface area contributed by atoms with Crippen LogP contribution in [0.25, 0.3) is 33.3 Å². The van der Waals surface area contributed by atoms with Crippen LogP contribution >= 0.6 is 0 Å². The highest BCUT2D eigenvalue weighted by atomic mass is 15.3. The Morgan fingerprint density at radius 1 is 0.760 bits per heavy atom. The van der Waals surface area contributed by atoms with E-state index in [1.807, 2.05) is 6.20 Å². The molecule has 4 heteroatoms. The maximum absolute atomic E-state index is 5.51. The highest BCUT2D eigenvalue weighted by molar-refractivity contribution is 6.09. The van der Waals surface area contributed by atoms with Gasteiger partial charge in [0.1, 0.15) is 5.82 Å². The number of aryl methyl sites for hydroxylation is 1. The lowest BCUT2D eigenvalue weighted by atomic mass is 9.71. The number of hydrogen-bond donors (Lipinski definition) is 0. The molecular formula is C46H54N4. The Morgan fingerprint density at radius 3 is 2.22 bits per heavy atom. The maximum Gasteiger partial charge on any atom is 0.137 e. The lowest BCUT2D eigenvalue weighted by Crippen LogP contribution is -2.21. The minimum atomic E-state index is 0.343. The van der Waals surface area contributed by atoms with Crippen LogP contribution in [-0.4, -0.2) is 19.3 Å². The van der Waals surface area contributed by atoms with Gasteiger partial charge in [0.25, 0.3) is 0 Å². The van der Waals surface area contributed by atoms with Crippen LogP contribution < -0.4 is 0 Å². The molecule has 0 fully saturated rings. The van der Waals surface area contributed by atoms with Crippen LogP contribution in [0.2, 0.25) is 0 Å². The molecule has 0 amide bonds. The topological polar surface area (TPSA) is 35.6 Å². The third kappa shape index (κ3) is 6.12. The summed E-state index contributed by atoms with van der Waals surface area (Å²) in [6, 6.07) is 27.1. The van der Waals surface area contributed by atoms with Gasteiger partial charge in [0.2, 0.25) is 0 Å². The van der Waals surface area contributed by atoms with Gasteiger partial charge in [-0.2, -0.15) is 5.10 Å². The van der Waals surface area contributed by atoms with Gasteiger partial charge in [0.05, 0.1) is 28.1 Å². The quantitative estimate of drug-likeness (QED) is 0.152. The molecule has 0 aliphatic heterocycles. The van der Waals surface area contributed by atoms with Crippen molar-refractivity contribution in [1.82, 2.24) is 19.3 Å². The van der Waals surface area contributed by atoms with Crippen LogP contribution in [0.5, 0.6) is 0 Å². The third-order valence-electron chi connectivity index (χ3n) is 10.9. The Labute approximate surface area is 299 Å². The van der Waals surface area contributed by atoms with Gasteiger partial charge in [-0.05, 0) is 115 Å². The number of aromatic nitrogens is 4. The second kappa shape index (κ2) is 13.4. The van der Waals surface area contributed by atoms with Crippen LogP contribution in [0.3, 0.4) is 0 Å². The molecule has 1 unspecified atom stereocenters. The maximum atomic E-state index is 5.51. The molecule has 4 nitrogen and oxygen atoms in total. The average Bonchev–Trinajstić information content (AvgIpc) is 3.61. The fourth-order valence-corrected chi connectivity index (χ4v) is 8.77. The number of allylic oxidation sites excluding steroid dienone is 2. The molecule has 3 aromatic heterocycles. The van der Waals surface area contributed by atoms with E-state index in [-0.39, 0.29) is 0 Å². The van der Waals surface area contributed by atoms with E-state index in [0.717, 1.165) is 12.2 Å².